The molecule has 0 unspecified atom stereocenters. The predicted octanol–water partition coefficient (Wildman–Crippen LogP) is 17.7. The monoisotopic (exact) mass is 900 g/mol. The van der Waals surface area contributed by atoms with Crippen LogP contribution in [-0.2, 0) is 0 Å². The maximum absolute atomic E-state index is 4.93. The van der Waals surface area contributed by atoms with Gasteiger partial charge in [-0.3, -0.25) is 9.97 Å². The summed E-state index contributed by atoms with van der Waals surface area (Å²) in [6.07, 6.45) is 3.73. The average molecular weight is 901 g/mol. The molecule has 6 heteroatoms. The van der Waals surface area contributed by atoms with Gasteiger partial charge in [-0.2, -0.15) is 0 Å². The van der Waals surface area contributed by atoms with E-state index in [1.165, 1.54) is 0 Å². The smallest absolute Gasteiger partial charge is 0.0885 e. The third-order valence-corrected chi connectivity index (χ3v) is 12.3. The van der Waals surface area contributed by atoms with Crippen molar-refractivity contribution in [2.45, 2.75) is 0 Å². The fourth-order valence-corrected chi connectivity index (χ4v) is 8.94. The van der Waals surface area contributed by atoms with Gasteiger partial charge in [0.05, 0.1) is 23.8 Å². The zero-order chi connectivity index (χ0) is 46.9. The maximum Gasteiger partial charge on any atom is 0.0885 e. The summed E-state index contributed by atoms with van der Waals surface area (Å²) in [4.78, 5) is 19.0. The van der Waals surface area contributed by atoms with Crippen LogP contribution in [0, 0.1) is 0 Å². The van der Waals surface area contributed by atoms with E-state index in [0.717, 1.165) is 90.8 Å². The Bertz CT molecular complexity index is 3120. The number of hydrogen-bond donors (Lipinski definition) is 0. The third kappa shape index (κ3) is 9.26. The van der Waals surface area contributed by atoms with Crippen molar-refractivity contribution in [3.8, 4) is 22.5 Å². The van der Waals surface area contributed by atoms with Gasteiger partial charge in [-0.1, -0.05) is 133 Å². The first-order valence-electron chi connectivity index (χ1n) is 23.5. The van der Waals surface area contributed by atoms with Gasteiger partial charge in [0.1, 0.15) is 0 Å². The number of rotatable bonds is 14. The molecular formula is C64H48N6. The van der Waals surface area contributed by atoms with Crippen LogP contribution in [0.15, 0.2) is 291 Å². The molecule has 0 fully saturated rings. The lowest BCUT2D eigenvalue weighted by atomic mass is 10.1. The Labute approximate surface area is 409 Å². The van der Waals surface area contributed by atoms with Gasteiger partial charge in [-0.15, -0.1) is 0 Å². The van der Waals surface area contributed by atoms with Gasteiger partial charge in [-0.05, 0) is 146 Å². The van der Waals surface area contributed by atoms with Crippen LogP contribution in [0.2, 0.25) is 0 Å². The fraction of sp³-hybridized carbons (Fsp3) is 0. The van der Waals surface area contributed by atoms with Gasteiger partial charge < -0.3 is 19.6 Å². The summed E-state index contributed by atoms with van der Waals surface area (Å²) >= 11 is 0. The molecule has 0 saturated carbocycles. The molecule has 6 nitrogen and oxygen atoms in total. The van der Waals surface area contributed by atoms with Crippen LogP contribution < -0.4 is 19.6 Å². The molecule has 0 radical (unpaired) electrons. The Morgan fingerprint density at radius 3 is 0.500 bits per heavy atom. The van der Waals surface area contributed by atoms with Crippen molar-refractivity contribution >= 4 is 68.2 Å². The van der Waals surface area contributed by atoms with Gasteiger partial charge >= 0.3 is 0 Å². The van der Waals surface area contributed by atoms with E-state index < -0.39 is 0 Å². The summed E-state index contributed by atoms with van der Waals surface area (Å²) in [5, 5.41) is 0. The Kier molecular flexibility index (Phi) is 12.4. The van der Waals surface area contributed by atoms with E-state index in [1.807, 2.05) is 24.5 Å². The highest BCUT2D eigenvalue weighted by Crippen LogP contribution is 2.42. The molecule has 0 N–H and O–H groups in total. The van der Waals surface area contributed by atoms with Gasteiger partial charge in [0, 0.05) is 79.4 Å². The summed E-state index contributed by atoms with van der Waals surface area (Å²) in [5.74, 6) is 0. The number of para-hydroxylation sites is 6. The molecule has 334 valence electrons. The van der Waals surface area contributed by atoms with Crippen LogP contribution >= 0.6 is 0 Å². The minimum atomic E-state index is 0.801. The second-order valence-electron chi connectivity index (χ2n) is 16.8. The SMILES string of the molecule is c1ccc(N(c2ccccc2)c2ccc(-c3cnc(-c4ccc(N(c5ccc(N(c6ccccc6)c6ccccc6)cc5)c5ccc(N(c6ccccc6)c6ccccc6)cc5)cc4)cn3)cc2)cc1. The molecule has 0 aliphatic heterocycles. The van der Waals surface area contributed by atoms with Gasteiger partial charge in [-0.25, -0.2) is 0 Å². The van der Waals surface area contributed by atoms with Gasteiger partial charge in [0.15, 0.2) is 0 Å². The molecule has 70 heavy (non-hydrogen) atoms. The standard InChI is InChI=1S/C64H48N6/c1-7-19-51(20-8-1)67(52-21-9-2-10-22-52)57-35-31-49(32-36-57)63-47-66-64(48-65-63)50-33-37-58(38-34-50)70(61-43-39-59(40-44-61)68(53-23-11-3-12-24-53)54-25-13-4-14-26-54)62-45-41-60(42-46-62)69(55-27-15-5-16-28-55)56-29-17-6-18-30-56/h1-48H. The van der Waals surface area contributed by atoms with E-state index >= 15 is 0 Å². The second kappa shape index (κ2) is 20.1. The molecule has 1 aromatic heterocycles. The topological polar surface area (TPSA) is 38.7 Å². The zero-order valence-electron chi connectivity index (χ0n) is 38.4. The maximum atomic E-state index is 4.93. The van der Waals surface area contributed by atoms with Crippen LogP contribution in [0.4, 0.5) is 68.2 Å². The first-order valence-corrected chi connectivity index (χ1v) is 23.5. The van der Waals surface area contributed by atoms with Crippen molar-refractivity contribution in [1.82, 2.24) is 9.97 Å². The molecule has 0 bridgehead atoms. The fourth-order valence-electron chi connectivity index (χ4n) is 8.94. The lowest BCUT2D eigenvalue weighted by Gasteiger charge is -2.29. The molecular weight excluding hydrogens is 853 g/mol. The van der Waals surface area contributed by atoms with Gasteiger partial charge in [0.25, 0.3) is 0 Å². The van der Waals surface area contributed by atoms with Crippen molar-refractivity contribution in [1.29, 1.82) is 0 Å². The highest BCUT2D eigenvalue weighted by atomic mass is 15.2. The lowest BCUT2D eigenvalue weighted by molar-refractivity contribution is 1.20. The first-order chi connectivity index (χ1) is 34.7. The molecule has 0 aliphatic carbocycles. The van der Waals surface area contributed by atoms with Crippen molar-refractivity contribution < 1.29 is 0 Å². The summed E-state index contributed by atoms with van der Waals surface area (Å²) < 4.78 is 0. The van der Waals surface area contributed by atoms with Crippen LogP contribution in [0.1, 0.15) is 0 Å². The lowest BCUT2D eigenvalue weighted by Crippen LogP contribution is -2.13. The minimum Gasteiger partial charge on any atom is -0.311 e. The molecule has 1 heterocycles. The highest BCUT2D eigenvalue weighted by Gasteiger charge is 2.19. The summed E-state index contributed by atoms with van der Waals surface area (Å²) in [6, 6.07) is 97.6. The molecule has 0 atom stereocenters. The van der Waals surface area contributed by atoms with E-state index in [2.05, 4.69) is 287 Å². The first kappa shape index (κ1) is 43.1. The van der Waals surface area contributed by atoms with Crippen molar-refractivity contribution in [2.24, 2.45) is 0 Å². The van der Waals surface area contributed by atoms with Crippen LogP contribution in [0.5, 0.6) is 0 Å². The largest absolute Gasteiger partial charge is 0.311 e. The number of nitrogens with zero attached hydrogens (tertiary/aromatic N) is 6. The second-order valence-corrected chi connectivity index (χ2v) is 16.8. The molecule has 0 spiro atoms. The number of benzene rings is 10. The van der Waals surface area contributed by atoms with Crippen molar-refractivity contribution in [3.05, 3.63) is 291 Å². The van der Waals surface area contributed by atoms with E-state index in [9.17, 15) is 0 Å². The molecule has 11 rings (SSSR count). The molecule has 10 aromatic carbocycles. The van der Waals surface area contributed by atoms with Crippen LogP contribution in [0.25, 0.3) is 22.5 Å². The molecule has 11 aromatic rings. The van der Waals surface area contributed by atoms with E-state index in [-0.39, 0.29) is 0 Å². The Balaban J connectivity index is 0.903. The number of anilines is 12. The zero-order valence-corrected chi connectivity index (χ0v) is 38.4. The van der Waals surface area contributed by atoms with Crippen LogP contribution in [-0.4, -0.2) is 9.97 Å². The third-order valence-electron chi connectivity index (χ3n) is 12.3. The predicted molar refractivity (Wildman–Crippen MR) is 292 cm³/mol. The minimum absolute atomic E-state index is 0.801. The quantitative estimate of drug-likeness (QED) is 0.108. The van der Waals surface area contributed by atoms with Gasteiger partial charge in [0.2, 0.25) is 0 Å². The summed E-state index contributed by atoms with van der Waals surface area (Å²) in [6.45, 7) is 0. The van der Waals surface area contributed by atoms with E-state index in [4.69, 9.17) is 9.97 Å². The normalized spacial score (nSPS) is 10.9. The van der Waals surface area contributed by atoms with E-state index in [1.54, 1.807) is 0 Å². The highest BCUT2D eigenvalue weighted by molar-refractivity contribution is 5.84. The Morgan fingerprint density at radius 1 is 0.171 bits per heavy atom. The average Bonchev–Trinajstić information content (AvgIpc) is 3.44. The molecule has 0 aliphatic rings. The van der Waals surface area contributed by atoms with Crippen LogP contribution in [0.3, 0.4) is 0 Å². The molecule has 0 saturated heterocycles. The summed E-state index contributed by atoms with van der Waals surface area (Å²) in [7, 11) is 0. The Hall–Kier alpha value is -9.52. The van der Waals surface area contributed by atoms with Crippen molar-refractivity contribution in [2.75, 3.05) is 19.6 Å². The van der Waals surface area contributed by atoms with E-state index in [0.29, 0.717) is 0 Å². The Morgan fingerprint density at radius 2 is 0.329 bits per heavy atom. The van der Waals surface area contributed by atoms with Crippen molar-refractivity contribution in [3.63, 3.8) is 0 Å². The number of hydrogen-bond acceptors (Lipinski definition) is 6. The molecule has 0 amide bonds. The number of aromatic nitrogens is 2. The summed E-state index contributed by atoms with van der Waals surface area (Å²) in [5.41, 5.74) is 16.4.